The van der Waals surface area contributed by atoms with E-state index >= 15 is 0 Å². The summed E-state index contributed by atoms with van der Waals surface area (Å²) in [6.45, 7) is 3.07. The summed E-state index contributed by atoms with van der Waals surface area (Å²) in [5.74, 6) is 0.250. The van der Waals surface area contributed by atoms with Crippen molar-refractivity contribution in [3.8, 4) is 0 Å². The van der Waals surface area contributed by atoms with Gasteiger partial charge >= 0.3 is 0 Å². The van der Waals surface area contributed by atoms with Crippen LogP contribution in [0.4, 0.5) is 5.69 Å². The second-order valence-electron chi connectivity index (χ2n) is 11.5. The van der Waals surface area contributed by atoms with Crippen LogP contribution in [-0.4, -0.2) is 75.3 Å². The van der Waals surface area contributed by atoms with Crippen molar-refractivity contribution in [1.29, 1.82) is 0 Å². The molecule has 0 aromatic heterocycles. The van der Waals surface area contributed by atoms with Crippen LogP contribution in [0, 0.1) is 11.1 Å². The number of hydrogen-bond donors (Lipinski definition) is 3. The number of nitrogens with zero attached hydrogens (tertiary/aromatic N) is 2. The van der Waals surface area contributed by atoms with Crippen molar-refractivity contribution in [2.45, 2.75) is 63.1 Å². The highest BCUT2D eigenvalue weighted by atomic mass is 16.5. The van der Waals surface area contributed by atoms with Crippen molar-refractivity contribution in [1.82, 2.24) is 16.2 Å². The molecule has 39 heavy (non-hydrogen) atoms. The number of anilines is 1. The lowest BCUT2D eigenvalue weighted by molar-refractivity contribution is -0.865. The van der Waals surface area contributed by atoms with Crippen molar-refractivity contribution >= 4 is 11.6 Å². The quantitative estimate of drug-likeness (QED) is 0.243. The number of benzene rings is 2. The van der Waals surface area contributed by atoms with Gasteiger partial charge in [-0.15, -0.1) is 0 Å². The van der Waals surface area contributed by atoms with Gasteiger partial charge in [0, 0.05) is 49.1 Å². The zero-order chi connectivity index (χ0) is 27.2. The highest BCUT2D eigenvalue weighted by Gasteiger charge is 2.41. The average Bonchev–Trinajstić information content (AvgIpc) is 3.35. The minimum atomic E-state index is -0.146. The Kier molecular flexibility index (Phi) is 9.17. The Morgan fingerprint density at radius 2 is 1.77 bits per heavy atom. The van der Waals surface area contributed by atoms with Gasteiger partial charge in [0.25, 0.3) is 5.91 Å². The molecule has 3 fully saturated rings. The number of carbonyl (C=O) groups excluding carboxylic acids is 1. The van der Waals surface area contributed by atoms with E-state index in [9.17, 15) is 10.0 Å². The van der Waals surface area contributed by atoms with E-state index in [2.05, 4.69) is 40.2 Å². The number of nitrogens with one attached hydrogen (secondary N) is 3. The van der Waals surface area contributed by atoms with Gasteiger partial charge in [-0.2, -0.15) is 0 Å². The molecule has 2 saturated heterocycles. The first-order valence-corrected chi connectivity index (χ1v) is 14.3. The Morgan fingerprint density at radius 1 is 1.03 bits per heavy atom. The van der Waals surface area contributed by atoms with Crippen molar-refractivity contribution < 1.29 is 18.9 Å². The lowest BCUT2D eigenvalue weighted by Crippen LogP contribution is -2.50. The summed E-state index contributed by atoms with van der Waals surface area (Å²) in [6.07, 6.45) is 4.73. The lowest BCUT2D eigenvalue weighted by Gasteiger charge is -2.46. The van der Waals surface area contributed by atoms with Gasteiger partial charge in [0.1, 0.15) is 0 Å². The van der Waals surface area contributed by atoms with Crippen molar-refractivity contribution in [3.05, 3.63) is 70.9 Å². The van der Waals surface area contributed by atoms with Gasteiger partial charge in [0.05, 0.1) is 52.2 Å². The highest BCUT2D eigenvalue weighted by molar-refractivity contribution is 5.94. The number of hydrogen-bond acceptors (Lipinski definition) is 7. The van der Waals surface area contributed by atoms with E-state index in [1.165, 1.54) is 5.56 Å². The van der Waals surface area contributed by atoms with Crippen molar-refractivity contribution in [3.63, 3.8) is 0 Å². The fourth-order valence-corrected chi connectivity index (χ4v) is 6.13. The zero-order valence-corrected chi connectivity index (χ0v) is 23.2. The summed E-state index contributed by atoms with van der Waals surface area (Å²) in [4.78, 5) is 15.3. The molecule has 1 aliphatic carbocycles. The Labute approximate surface area is 232 Å². The molecule has 5 rings (SSSR count). The summed E-state index contributed by atoms with van der Waals surface area (Å²) in [6, 6.07) is 18.6. The van der Waals surface area contributed by atoms with Crippen LogP contribution in [0.5, 0.6) is 0 Å². The van der Waals surface area contributed by atoms with Gasteiger partial charge in [0.15, 0.2) is 0 Å². The third-order valence-electron chi connectivity index (χ3n) is 8.64. The molecule has 0 spiro atoms. The average molecular weight is 538 g/mol. The van der Waals surface area contributed by atoms with Gasteiger partial charge in [-0.25, -0.2) is 5.43 Å². The number of hydrazine groups is 1. The zero-order valence-electron chi connectivity index (χ0n) is 23.2. The molecule has 4 atom stereocenters. The molecule has 212 valence electrons. The van der Waals surface area contributed by atoms with Crippen LogP contribution in [0.1, 0.15) is 48.0 Å². The van der Waals surface area contributed by atoms with Gasteiger partial charge in [-0.3, -0.25) is 10.2 Å². The molecule has 1 saturated carbocycles. The second-order valence-corrected chi connectivity index (χ2v) is 11.5. The molecular weight excluding hydrogens is 494 g/mol. The Hall–Kier alpha value is -2.53. The first-order chi connectivity index (χ1) is 18.9. The van der Waals surface area contributed by atoms with Crippen LogP contribution in [0.3, 0.4) is 0 Å². The van der Waals surface area contributed by atoms with E-state index < -0.39 is 0 Å². The fourth-order valence-electron chi connectivity index (χ4n) is 6.13. The van der Waals surface area contributed by atoms with Crippen LogP contribution in [0.2, 0.25) is 0 Å². The molecule has 9 heteroatoms. The molecule has 2 heterocycles. The molecule has 3 aliphatic rings. The van der Waals surface area contributed by atoms with E-state index in [1.807, 2.05) is 42.5 Å². The number of likely N-dealkylation sites (tertiary alicyclic amines) is 1. The number of fused-ring (bicyclic) bond motifs is 1. The molecule has 2 aromatic rings. The number of hydroxylamine groups is 3. The molecule has 9 nitrogen and oxygen atoms in total. The van der Waals surface area contributed by atoms with E-state index in [0.717, 1.165) is 37.8 Å². The van der Waals surface area contributed by atoms with E-state index in [1.54, 1.807) is 7.05 Å². The first kappa shape index (κ1) is 28.0. The van der Waals surface area contributed by atoms with Crippen LogP contribution < -0.4 is 21.1 Å². The second kappa shape index (κ2) is 12.8. The topological polar surface area (TPSA) is 97.9 Å². The molecule has 2 aromatic carbocycles. The number of ether oxygens (including phenoxy) is 2. The van der Waals surface area contributed by atoms with Crippen LogP contribution in [-0.2, 0) is 16.1 Å². The molecule has 0 radical (unpaired) electrons. The number of quaternary nitrogens is 1. The predicted molar refractivity (Wildman–Crippen MR) is 152 cm³/mol. The lowest BCUT2D eigenvalue weighted by atomic mass is 9.82. The van der Waals surface area contributed by atoms with Gasteiger partial charge < -0.3 is 29.5 Å². The van der Waals surface area contributed by atoms with E-state index in [0.29, 0.717) is 50.4 Å². The minimum absolute atomic E-state index is 0.0739. The van der Waals surface area contributed by atoms with Crippen LogP contribution in [0.25, 0.3) is 0 Å². The van der Waals surface area contributed by atoms with E-state index in [-0.39, 0.29) is 28.9 Å². The summed E-state index contributed by atoms with van der Waals surface area (Å²) in [5.41, 5.74) is 9.57. The van der Waals surface area contributed by atoms with Crippen molar-refractivity contribution in [2.24, 2.45) is 5.92 Å². The summed E-state index contributed by atoms with van der Waals surface area (Å²) < 4.78 is 11.7. The number of carbonyl (C=O) groups is 1. The smallest absolute Gasteiger partial charge is 0.252 e. The SMILES string of the molecule is CN(c1ccc(C(=O)NC2NNC3CC(OCCOCc4ccccc4)CCC32)cc1)C1CC[N+](C)([O-])CC1. The largest absolute Gasteiger partial charge is 0.633 e. The number of rotatable bonds is 10. The van der Waals surface area contributed by atoms with Crippen molar-refractivity contribution in [2.75, 3.05) is 45.3 Å². The third kappa shape index (κ3) is 7.36. The molecule has 1 amide bonds. The summed E-state index contributed by atoms with van der Waals surface area (Å²) in [5, 5.41) is 15.3. The van der Waals surface area contributed by atoms with E-state index in [4.69, 9.17) is 9.47 Å². The Morgan fingerprint density at radius 3 is 2.51 bits per heavy atom. The monoisotopic (exact) mass is 537 g/mol. The number of amides is 1. The summed E-state index contributed by atoms with van der Waals surface area (Å²) >= 11 is 0. The van der Waals surface area contributed by atoms with Crippen LogP contribution >= 0.6 is 0 Å². The highest BCUT2D eigenvalue weighted by Crippen LogP contribution is 2.31. The predicted octanol–water partition coefficient (Wildman–Crippen LogP) is 3.16. The molecule has 3 N–H and O–H groups in total. The molecule has 2 aliphatic heterocycles. The standard InChI is InChI=1S/C30H43N5O4/c1-34(25-14-16-35(2,37)17-15-25)24-10-8-23(9-11-24)30(36)31-29-27-13-12-26(20-28(27)32-33-29)39-19-18-38-21-22-6-4-3-5-7-22/h3-11,25-29,32-33H,12-21H2,1-2H3,(H,31,36). The number of piperidine rings is 1. The maximum absolute atomic E-state index is 13.0. The summed E-state index contributed by atoms with van der Waals surface area (Å²) in [7, 11) is 3.83. The van der Waals surface area contributed by atoms with Gasteiger partial charge in [-0.05, 0) is 49.1 Å². The maximum Gasteiger partial charge on any atom is 0.252 e. The minimum Gasteiger partial charge on any atom is -0.633 e. The fraction of sp³-hybridized carbons (Fsp3) is 0.567. The van der Waals surface area contributed by atoms with Crippen LogP contribution in [0.15, 0.2) is 54.6 Å². The first-order valence-electron chi connectivity index (χ1n) is 14.3. The molecule has 4 unspecified atom stereocenters. The molecular formula is C30H43N5O4. The Bertz CT molecular complexity index is 1060. The maximum atomic E-state index is 13.0. The Balaban J connectivity index is 1.03. The normalized spacial score (nSPS) is 30.5. The van der Waals surface area contributed by atoms with Gasteiger partial charge in [-0.1, -0.05) is 30.3 Å². The van der Waals surface area contributed by atoms with Gasteiger partial charge in [0.2, 0.25) is 0 Å². The molecule has 0 bridgehead atoms. The third-order valence-corrected chi connectivity index (χ3v) is 8.64.